The highest BCUT2D eigenvalue weighted by atomic mass is 32.2. The second-order valence-corrected chi connectivity index (χ2v) is 6.16. The van der Waals surface area contributed by atoms with Crippen LogP contribution < -0.4 is 5.32 Å². The van der Waals surface area contributed by atoms with Crippen LogP contribution in [0.2, 0.25) is 0 Å². The second-order valence-electron chi connectivity index (χ2n) is 4.25. The van der Waals surface area contributed by atoms with Crippen molar-refractivity contribution in [2.45, 2.75) is 36.6 Å². The molecular weight excluding hydrogens is 242 g/mol. The molecule has 1 aliphatic rings. The third-order valence-electron chi connectivity index (χ3n) is 2.78. The quantitative estimate of drug-likeness (QED) is 0.752. The van der Waals surface area contributed by atoms with Gasteiger partial charge in [0.15, 0.2) is 0 Å². The summed E-state index contributed by atoms with van der Waals surface area (Å²) in [4.78, 5) is 7.62. The van der Waals surface area contributed by atoms with Crippen molar-refractivity contribution in [3.05, 3.63) is 12.3 Å². The Bertz CT molecular complexity index is 503. The molecule has 0 radical (unpaired) electrons. The van der Waals surface area contributed by atoms with E-state index in [1.165, 1.54) is 6.20 Å². The lowest BCUT2D eigenvalue weighted by Gasteiger charge is -2.16. The first-order chi connectivity index (χ1) is 7.97. The maximum absolute atomic E-state index is 11.3. The van der Waals surface area contributed by atoms with Crippen molar-refractivity contribution in [3.63, 3.8) is 0 Å². The molecule has 0 amide bonds. The number of anilines is 1. The van der Waals surface area contributed by atoms with Gasteiger partial charge < -0.3 is 10.4 Å². The summed E-state index contributed by atoms with van der Waals surface area (Å²) in [5, 5.41) is 12.5. The number of nitrogens with one attached hydrogen (secondary N) is 1. The van der Waals surface area contributed by atoms with E-state index in [4.69, 9.17) is 0 Å². The lowest BCUT2D eigenvalue weighted by atomic mass is 10.2. The topological polar surface area (TPSA) is 92.2 Å². The Balaban J connectivity index is 2.17. The maximum Gasteiger partial charge on any atom is 0.248 e. The Kier molecular flexibility index (Phi) is 3.30. The van der Waals surface area contributed by atoms with Crippen LogP contribution in [0.4, 0.5) is 5.82 Å². The summed E-state index contributed by atoms with van der Waals surface area (Å²) in [6.45, 7) is 0. The molecule has 0 unspecified atom stereocenters. The number of hydrogen-bond acceptors (Lipinski definition) is 6. The van der Waals surface area contributed by atoms with Crippen molar-refractivity contribution in [1.29, 1.82) is 0 Å². The van der Waals surface area contributed by atoms with E-state index in [1.54, 1.807) is 6.07 Å². The molecule has 94 valence electrons. The van der Waals surface area contributed by atoms with Gasteiger partial charge in [-0.1, -0.05) is 0 Å². The van der Waals surface area contributed by atoms with Crippen LogP contribution in [0.1, 0.15) is 19.3 Å². The Morgan fingerprint density at radius 1 is 1.47 bits per heavy atom. The molecule has 17 heavy (non-hydrogen) atoms. The molecule has 1 heterocycles. The van der Waals surface area contributed by atoms with E-state index >= 15 is 0 Å². The van der Waals surface area contributed by atoms with Crippen LogP contribution in [0.5, 0.6) is 0 Å². The Morgan fingerprint density at radius 3 is 2.82 bits per heavy atom. The van der Waals surface area contributed by atoms with E-state index in [-0.39, 0.29) is 11.2 Å². The summed E-state index contributed by atoms with van der Waals surface area (Å²) in [6, 6.07) is 1.54. The molecule has 2 rings (SSSR count). The Morgan fingerprint density at radius 2 is 2.24 bits per heavy atom. The van der Waals surface area contributed by atoms with E-state index in [0.29, 0.717) is 5.82 Å². The molecule has 1 aliphatic carbocycles. The number of sulfone groups is 1. The molecule has 0 spiro atoms. The average molecular weight is 257 g/mol. The van der Waals surface area contributed by atoms with Gasteiger partial charge >= 0.3 is 0 Å². The number of aromatic nitrogens is 2. The molecule has 0 aliphatic heterocycles. The van der Waals surface area contributed by atoms with Gasteiger partial charge in [0.05, 0.1) is 12.1 Å². The summed E-state index contributed by atoms with van der Waals surface area (Å²) in [6.07, 6.45) is 4.65. The lowest BCUT2D eigenvalue weighted by molar-refractivity contribution is 0.171. The first-order valence-electron chi connectivity index (χ1n) is 5.44. The van der Waals surface area contributed by atoms with Gasteiger partial charge in [0.2, 0.25) is 15.0 Å². The molecule has 6 nitrogen and oxygen atoms in total. The molecule has 0 bridgehead atoms. The minimum absolute atomic E-state index is 0.0580. The summed E-state index contributed by atoms with van der Waals surface area (Å²) < 4.78 is 22.6. The number of aliphatic hydroxyl groups excluding tert-OH is 1. The van der Waals surface area contributed by atoms with Crippen LogP contribution >= 0.6 is 0 Å². The van der Waals surface area contributed by atoms with Gasteiger partial charge in [-0.15, -0.1) is 0 Å². The van der Waals surface area contributed by atoms with Crippen molar-refractivity contribution in [2.24, 2.45) is 0 Å². The van der Waals surface area contributed by atoms with Gasteiger partial charge in [-0.2, -0.15) is 0 Å². The van der Waals surface area contributed by atoms with Gasteiger partial charge in [-0.3, -0.25) is 0 Å². The maximum atomic E-state index is 11.3. The average Bonchev–Trinajstić information content (AvgIpc) is 2.64. The minimum Gasteiger partial charge on any atom is -0.391 e. The highest BCUT2D eigenvalue weighted by Crippen LogP contribution is 2.22. The number of nitrogens with zero attached hydrogens (tertiary/aromatic N) is 2. The molecule has 1 saturated carbocycles. The molecule has 1 aromatic heterocycles. The molecule has 0 saturated heterocycles. The van der Waals surface area contributed by atoms with Crippen molar-refractivity contribution in [1.82, 2.24) is 9.97 Å². The third kappa shape index (κ3) is 2.92. The van der Waals surface area contributed by atoms with Gasteiger partial charge in [-0.05, 0) is 25.3 Å². The SMILES string of the molecule is CS(=O)(=O)c1nccc(N[C@H]2CCC[C@@H]2O)n1. The summed E-state index contributed by atoms with van der Waals surface area (Å²) in [5.41, 5.74) is 0. The van der Waals surface area contributed by atoms with Crippen LogP contribution in [0.15, 0.2) is 17.4 Å². The van der Waals surface area contributed by atoms with Crippen LogP contribution in [0.3, 0.4) is 0 Å². The zero-order valence-electron chi connectivity index (χ0n) is 9.50. The fraction of sp³-hybridized carbons (Fsp3) is 0.600. The van der Waals surface area contributed by atoms with Crippen molar-refractivity contribution in [2.75, 3.05) is 11.6 Å². The van der Waals surface area contributed by atoms with Crippen LogP contribution in [0.25, 0.3) is 0 Å². The third-order valence-corrected chi connectivity index (χ3v) is 3.64. The van der Waals surface area contributed by atoms with E-state index < -0.39 is 15.9 Å². The fourth-order valence-electron chi connectivity index (χ4n) is 1.90. The van der Waals surface area contributed by atoms with E-state index in [1.807, 2.05) is 0 Å². The predicted octanol–water partition coefficient (Wildman–Crippen LogP) is 0.205. The molecule has 0 aromatic carbocycles. The lowest BCUT2D eigenvalue weighted by Crippen LogP contribution is -2.28. The summed E-state index contributed by atoms with van der Waals surface area (Å²) in [7, 11) is -3.40. The monoisotopic (exact) mass is 257 g/mol. The van der Waals surface area contributed by atoms with Crippen LogP contribution in [-0.2, 0) is 9.84 Å². The molecule has 2 N–H and O–H groups in total. The van der Waals surface area contributed by atoms with Crippen molar-refractivity contribution < 1.29 is 13.5 Å². The zero-order valence-corrected chi connectivity index (χ0v) is 10.3. The van der Waals surface area contributed by atoms with E-state index in [0.717, 1.165) is 25.5 Å². The second kappa shape index (κ2) is 4.58. The highest BCUT2D eigenvalue weighted by molar-refractivity contribution is 7.90. The standard InChI is InChI=1S/C10H15N3O3S/c1-17(15,16)10-11-6-5-9(13-10)12-7-3-2-4-8(7)14/h5-8,14H,2-4H2,1H3,(H,11,12,13)/t7-,8-/m0/s1. The van der Waals surface area contributed by atoms with Crippen LogP contribution in [-0.4, -0.2) is 41.9 Å². The van der Waals surface area contributed by atoms with Crippen molar-refractivity contribution >= 4 is 15.7 Å². The molecule has 1 fully saturated rings. The van der Waals surface area contributed by atoms with Gasteiger partial charge in [-0.25, -0.2) is 18.4 Å². The van der Waals surface area contributed by atoms with E-state index in [9.17, 15) is 13.5 Å². The predicted molar refractivity (Wildman–Crippen MR) is 62.4 cm³/mol. The Labute approximate surface area is 100 Å². The number of rotatable bonds is 3. The van der Waals surface area contributed by atoms with Gasteiger partial charge in [0, 0.05) is 12.5 Å². The fourth-order valence-corrected chi connectivity index (χ4v) is 2.42. The summed E-state index contributed by atoms with van der Waals surface area (Å²) in [5.74, 6) is 0.436. The number of aliphatic hydroxyl groups is 1. The van der Waals surface area contributed by atoms with Crippen LogP contribution in [0, 0.1) is 0 Å². The molecular formula is C10H15N3O3S. The largest absolute Gasteiger partial charge is 0.391 e. The molecule has 7 heteroatoms. The molecule has 2 atom stereocenters. The first kappa shape index (κ1) is 12.3. The van der Waals surface area contributed by atoms with Gasteiger partial charge in [0.25, 0.3) is 0 Å². The normalized spacial score (nSPS) is 24.8. The van der Waals surface area contributed by atoms with Crippen molar-refractivity contribution in [3.8, 4) is 0 Å². The number of hydrogen-bond donors (Lipinski definition) is 2. The highest BCUT2D eigenvalue weighted by Gasteiger charge is 2.25. The summed E-state index contributed by atoms with van der Waals surface area (Å²) >= 11 is 0. The minimum atomic E-state index is -3.40. The molecule has 1 aromatic rings. The van der Waals surface area contributed by atoms with E-state index in [2.05, 4.69) is 15.3 Å². The zero-order chi connectivity index (χ0) is 12.5. The first-order valence-corrected chi connectivity index (χ1v) is 7.33. The Hall–Kier alpha value is -1.21. The smallest absolute Gasteiger partial charge is 0.248 e. The van der Waals surface area contributed by atoms with Gasteiger partial charge in [0.1, 0.15) is 5.82 Å².